The van der Waals surface area contributed by atoms with Crippen LogP contribution in [0.4, 0.5) is 0 Å². The number of aliphatic carboxylic acids is 1. The number of carboxylic acid groups (broad SMARTS) is 1. The van der Waals surface area contributed by atoms with Crippen LogP contribution >= 0.6 is 0 Å². The number of unbranched alkanes of at least 4 members (excludes halogenated alkanes) is 6. The van der Waals surface area contributed by atoms with E-state index in [2.05, 4.69) is 6.92 Å². The van der Waals surface area contributed by atoms with Gasteiger partial charge in [-0.15, -0.1) is 0 Å². The first kappa shape index (κ1) is 23.1. The van der Waals surface area contributed by atoms with Crippen LogP contribution in [0.15, 0.2) is 12.2 Å². The first-order valence-corrected chi connectivity index (χ1v) is 9.28. The second-order valence-corrected chi connectivity index (χ2v) is 6.91. The summed E-state index contributed by atoms with van der Waals surface area (Å²) in [5.41, 5.74) is -1.16. The highest BCUT2D eigenvalue weighted by Crippen LogP contribution is 2.20. The van der Waals surface area contributed by atoms with E-state index in [-0.39, 0.29) is 6.42 Å². The Kier molecular flexibility index (Phi) is 12.9. The minimum Gasteiger partial charge on any atom is -0.481 e. The molecule has 5 nitrogen and oxygen atoms in total. The molecule has 0 rings (SSSR count). The predicted octanol–water partition coefficient (Wildman–Crippen LogP) is 3.41. The second-order valence-electron chi connectivity index (χ2n) is 6.91. The van der Waals surface area contributed by atoms with Crippen LogP contribution in [-0.2, 0) is 4.79 Å². The summed E-state index contributed by atoms with van der Waals surface area (Å²) in [5.74, 6) is -0.750. The Morgan fingerprint density at radius 2 is 1.62 bits per heavy atom. The van der Waals surface area contributed by atoms with Gasteiger partial charge in [0.2, 0.25) is 0 Å². The van der Waals surface area contributed by atoms with Crippen LogP contribution in [0, 0.1) is 0 Å². The van der Waals surface area contributed by atoms with Gasteiger partial charge in [0.05, 0.1) is 11.7 Å². The van der Waals surface area contributed by atoms with Gasteiger partial charge in [-0.3, -0.25) is 4.79 Å². The fraction of sp³-hybridized carbons (Fsp3) is 0.842. The lowest BCUT2D eigenvalue weighted by Crippen LogP contribution is -2.38. The highest BCUT2D eigenvalue weighted by atomic mass is 16.4. The quantitative estimate of drug-likeness (QED) is 0.270. The van der Waals surface area contributed by atoms with Crippen molar-refractivity contribution in [1.29, 1.82) is 0 Å². The molecule has 4 N–H and O–H groups in total. The van der Waals surface area contributed by atoms with Crippen LogP contribution in [0.1, 0.15) is 84.5 Å². The fourth-order valence-corrected chi connectivity index (χ4v) is 2.58. The maximum Gasteiger partial charge on any atom is 0.303 e. The molecule has 0 aromatic rings. The molecule has 0 spiro atoms. The molecule has 0 unspecified atom stereocenters. The van der Waals surface area contributed by atoms with Crippen LogP contribution < -0.4 is 0 Å². The van der Waals surface area contributed by atoms with E-state index < -0.39 is 23.8 Å². The monoisotopic (exact) mass is 344 g/mol. The average Bonchev–Trinajstić information content (AvgIpc) is 2.51. The number of aliphatic hydroxyl groups excluding tert-OH is 2. The van der Waals surface area contributed by atoms with Gasteiger partial charge in [0.25, 0.3) is 0 Å². The molecule has 0 aliphatic rings. The van der Waals surface area contributed by atoms with E-state index in [0.29, 0.717) is 19.3 Å². The molecule has 0 aliphatic heterocycles. The van der Waals surface area contributed by atoms with Crippen LogP contribution in [0.25, 0.3) is 0 Å². The maximum absolute atomic E-state index is 10.4. The smallest absolute Gasteiger partial charge is 0.303 e. The molecule has 0 saturated heterocycles. The van der Waals surface area contributed by atoms with Crippen molar-refractivity contribution in [3.63, 3.8) is 0 Å². The van der Waals surface area contributed by atoms with Gasteiger partial charge in [0.15, 0.2) is 0 Å². The van der Waals surface area contributed by atoms with Crippen LogP contribution in [0.5, 0.6) is 0 Å². The zero-order valence-electron chi connectivity index (χ0n) is 15.3. The Labute approximate surface area is 146 Å². The lowest BCUT2D eigenvalue weighted by Gasteiger charge is -2.27. The van der Waals surface area contributed by atoms with Crippen molar-refractivity contribution in [3.8, 4) is 0 Å². The standard InChI is InChI=1S/C19H36O5/c1-3-4-10-15-19(2,24)17(21)14-13-16(20)11-8-6-5-7-9-12-18(22)23/h13-14,16-17,20-21,24H,3-12,15H2,1-2H3,(H,22,23)/b14-13+/t16-,17-,19-/m0/s1. The Balaban J connectivity index is 3.86. The number of hydrogen-bond donors (Lipinski definition) is 4. The lowest BCUT2D eigenvalue weighted by molar-refractivity contribution is -0.137. The molecule has 0 fully saturated rings. The molecule has 0 amide bonds. The zero-order valence-corrected chi connectivity index (χ0v) is 15.3. The van der Waals surface area contributed by atoms with E-state index in [4.69, 9.17) is 5.11 Å². The fourth-order valence-electron chi connectivity index (χ4n) is 2.58. The van der Waals surface area contributed by atoms with Crippen LogP contribution in [0.3, 0.4) is 0 Å². The summed E-state index contributed by atoms with van der Waals surface area (Å²) in [5, 5.41) is 38.7. The van der Waals surface area contributed by atoms with Gasteiger partial charge in [-0.05, 0) is 26.2 Å². The summed E-state index contributed by atoms with van der Waals surface area (Å²) in [4.78, 5) is 10.4. The average molecular weight is 344 g/mol. The van der Waals surface area contributed by atoms with Gasteiger partial charge >= 0.3 is 5.97 Å². The van der Waals surface area contributed by atoms with Gasteiger partial charge in [-0.2, -0.15) is 0 Å². The summed E-state index contributed by atoms with van der Waals surface area (Å²) >= 11 is 0. The zero-order chi connectivity index (χ0) is 18.4. The van der Waals surface area contributed by atoms with Crippen LogP contribution in [0.2, 0.25) is 0 Å². The van der Waals surface area contributed by atoms with Crippen molar-refractivity contribution in [1.82, 2.24) is 0 Å². The van der Waals surface area contributed by atoms with E-state index in [9.17, 15) is 20.1 Å². The molecule has 0 aliphatic carbocycles. The third kappa shape index (κ3) is 12.5. The van der Waals surface area contributed by atoms with Gasteiger partial charge in [0.1, 0.15) is 6.10 Å². The Morgan fingerprint density at radius 1 is 1.00 bits per heavy atom. The molecule has 0 aromatic carbocycles. The van der Waals surface area contributed by atoms with E-state index in [1.165, 1.54) is 6.08 Å². The first-order valence-electron chi connectivity index (χ1n) is 9.28. The Hall–Kier alpha value is -0.910. The SMILES string of the molecule is CCCCC[C@](C)(O)[C@@H](O)/C=C/[C@@H](O)CCCCCCCC(=O)O. The van der Waals surface area contributed by atoms with Crippen molar-refractivity contribution >= 4 is 5.97 Å². The van der Waals surface area contributed by atoms with Gasteiger partial charge in [-0.25, -0.2) is 0 Å². The summed E-state index contributed by atoms with van der Waals surface area (Å²) < 4.78 is 0. The summed E-state index contributed by atoms with van der Waals surface area (Å²) in [6, 6.07) is 0. The number of carbonyl (C=O) groups is 1. The first-order chi connectivity index (χ1) is 11.3. The summed E-state index contributed by atoms with van der Waals surface area (Å²) in [7, 11) is 0. The summed E-state index contributed by atoms with van der Waals surface area (Å²) in [6.45, 7) is 3.72. The van der Waals surface area contributed by atoms with E-state index in [1.807, 2.05) is 0 Å². The number of aliphatic hydroxyl groups is 3. The minimum atomic E-state index is -1.16. The highest BCUT2D eigenvalue weighted by Gasteiger charge is 2.27. The van der Waals surface area contributed by atoms with E-state index in [0.717, 1.165) is 44.9 Å². The minimum absolute atomic E-state index is 0.224. The largest absolute Gasteiger partial charge is 0.481 e. The van der Waals surface area contributed by atoms with Crippen molar-refractivity contribution in [2.75, 3.05) is 0 Å². The van der Waals surface area contributed by atoms with Crippen molar-refractivity contribution in [2.24, 2.45) is 0 Å². The number of hydrogen-bond acceptors (Lipinski definition) is 4. The molecular weight excluding hydrogens is 308 g/mol. The van der Waals surface area contributed by atoms with Gasteiger partial charge in [0, 0.05) is 6.42 Å². The van der Waals surface area contributed by atoms with Crippen LogP contribution in [-0.4, -0.2) is 44.2 Å². The van der Waals surface area contributed by atoms with Gasteiger partial charge < -0.3 is 20.4 Å². The maximum atomic E-state index is 10.4. The third-order valence-electron chi connectivity index (χ3n) is 4.33. The molecule has 24 heavy (non-hydrogen) atoms. The Morgan fingerprint density at radius 3 is 2.25 bits per heavy atom. The normalized spacial score (nSPS) is 16.9. The van der Waals surface area contributed by atoms with E-state index >= 15 is 0 Å². The molecule has 5 heteroatoms. The molecule has 0 radical (unpaired) electrons. The topological polar surface area (TPSA) is 98.0 Å². The molecule has 142 valence electrons. The second kappa shape index (κ2) is 13.4. The van der Waals surface area contributed by atoms with Crippen molar-refractivity contribution in [2.45, 2.75) is 102 Å². The third-order valence-corrected chi connectivity index (χ3v) is 4.33. The van der Waals surface area contributed by atoms with Crippen molar-refractivity contribution < 1.29 is 25.2 Å². The predicted molar refractivity (Wildman–Crippen MR) is 95.9 cm³/mol. The number of rotatable bonds is 15. The molecule has 3 atom stereocenters. The number of carboxylic acids is 1. The van der Waals surface area contributed by atoms with E-state index in [1.54, 1.807) is 13.0 Å². The molecule has 0 heterocycles. The lowest BCUT2D eigenvalue weighted by atomic mass is 9.91. The molecular formula is C19H36O5. The molecule has 0 aromatic heterocycles. The van der Waals surface area contributed by atoms with Gasteiger partial charge in [-0.1, -0.05) is 64.0 Å². The highest BCUT2D eigenvalue weighted by molar-refractivity contribution is 5.66. The molecule has 0 bridgehead atoms. The Bertz CT molecular complexity index is 352. The van der Waals surface area contributed by atoms with Crippen molar-refractivity contribution in [3.05, 3.63) is 12.2 Å². The summed E-state index contributed by atoms with van der Waals surface area (Å²) in [6.07, 6.45) is 10.2. The molecule has 0 saturated carbocycles.